The fourth-order valence-corrected chi connectivity index (χ4v) is 2.94. The summed E-state index contributed by atoms with van der Waals surface area (Å²) in [6.45, 7) is 10.9. The molecule has 0 amide bonds. The van der Waals surface area contributed by atoms with Crippen LogP contribution in [-0.2, 0) is 0 Å². The van der Waals surface area contributed by atoms with Gasteiger partial charge in [0.05, 0.1) is 0 Å². The minimum Gasteiger partial charge on any atom is -0.396 e. The molecular formula is C16H33N3O. The van der Waals surface area contributed by atoms with Gasteiger partial charge in [-0.05, 0) is 44.4 Å². The van der Waals surface area contributed by atoms with Gasteiger partial charge in [0, 0.05) is 32.8 Å². The Labute approximate surface area is 124 Å². The van der Waals surface area contributed by atoms with Crippen LogP contribution in [0.15, 0.2) is 4.99 Å². The van der Waals surface area contributed by atoms with Gasteiger partial charge in [0.1, 0.15) is 0 Å². The molecule has 1 saturated heterocycles. The molecule has 1 aliphatic rings. The normalized spacial score (nSPS) is 21.9. The number of aliphatic hydroxyl groups excluding tert-OH is 1. The molecule has 0 saturated carbocycles. The van der Waals surface area contributed by atoms with E-state index < -0.39 is 0 Å². The summed E-state index contributed by atoms with van der Waals surface area (Å²) in [5, 5.41) is 12.6. The third kappa shape index (κ3) is 6.12. The van der Waals surface area contributed by atoms with Gasteiger partial charge in [0.25, 0.3) is 0 Å². The van der Waals surface area contributed by atoms with Crippen molar-refractivity contribution in [2.24, 2.45) is 16.8 Å². The molecule has 1 heterocycles. The van der Waals surface area contributed by atoms with Gasteiger partial charge >= 0.3 is 0 Å². The number of hydrogen-bond acceptors (Lipinski definition) is 2. The highest BCUT2D eigenvalue weighted by Gasteiger charge is 2.19. The van der Waals surface area contributed by atoms with Crippen molar-refractivity contribution in [1.82, 2.24) is 10.2 Å². The molecule has 0 aromatic carbocycles. The largest absolute Gasteiger partial charge is 0.396 e. The second-order valence-corrected chi connectivity index (χ2v) is 6.06. The van der Waals surface area contributed by atoms with Gasteiger partial charge in [0.15, 0.2) is 5.96 Å². The van der Waals surface area contributed by atoms with Gasteiger partial charge < -0.3 is 15.3 Å². The van der Waals surface area contributed by atoms with Crippen molar-refractivity contribution in [3.63, 3.8) is 0 Å². The second kappa shape index (κ2) is 10.0. The number of nitrogens with one attached hydrogen (secondary N) is 1. The first-order valence-electron chi connectivity index (χ1n) is 8.35. The summed E-state index contributed by atoms with van der Waals surface area (Å²) in [5.41, 5.74) is 0. The highest BCUT2D eigenvalue weighted by molar-refractivity contribution is 5.80. The monoisotopic (exact) mass is 283 g/mol. The number of aliphatic hydroxyl groups is 1. The Morgan fingerprint density at radius 2 is 2.20 bits per heavy atom. The Morgan fingerprint density at radius 3 is 2.80 bits per heavy atom. The smallest absolute Gasteiger partial charge is 0.193 e. The Hall–Kier alpha value is -0.770. The van der Waals surface area contributed by atoms with Gasteiger partial charge in [-0.1, -0.05) is 20.3 Å². The maximum atomic E-state index is 9.14. The highest BCUT2D eigenvalue weighted by atomic mass is 16.3. The van der Waals surface area contributed by atoms with E-state index in [4.69, 9.17) is 10.1 Å². The fourth-order valence-electron chi connectivity index (χ4n) is 2.94. The number of aliphatic imine (C=N–C) groups is 1. The number of guanidine groups is 1. The minimum atomic E-state index is 0.275. The van der Waals surface area contributed by atoms with Crippen LogP contribution >= 0.6 is 0 Å². The van der Waals surface area contributed by atoms with Crippen molar-refractivity contribution in [1.29, 1.82) is 0 Å². The molecule has 20 heavy (non-hydrogen) atoms. The van der Waals surface area contributed by atoms with Gasteiger partial charge in [-0.3, -0.25) is 4.99 Å². The lowest BCUT2D eigenvalue weighted by molar-refractivity contribution is 0.250. The van der Waals surface area contributed by atoms with Crippen molar-refractivity contribution in [2.45, 2.75) is 52.9 Å². The van der Waals surface area contributed by atoms with Crippen LogP contribution in [0.5, 0.6) is 0 Å². The molecule has 0 bridgehead atoms. The highest BCUT2D eigenvalue weighted by Crippen LogP contribution is 2.16. The third-order valence-corrected chi connectivity index (χ3v) is 4.02. The maximum Gasteiger partial charge on any atom is 0.193 e. The van der Waals surface area contributed by atoms with Crippen molar-refractivity contribution in [3.05, 3.63) is 0 Å². The van der Waals surface area contributed by atoms with Gasteiger partial charge in [-0.15, -0.1) is 0 Å². The molecule has 0 aromatic rings. The first-order valence-corrected chi connectivity index (χ1v) is 8.35. The van der Waals surface area contributed by atoms with Crippen molar-refractivity contribution in [2.75, 3.05) is 32.8 Å². The van der Waals surface area contributed by atoms with E-state index in [-0.39, 0.29) is 6.61 Å². The topological polar surface area (TPSA) is 47.9 Å². The lowest BCUT2D eigenvalue weighted by atomic mass is 10.00. The number of rotatable bonds is 7. The summed E-state index contributed by atoms with van der Waals surface area (Å²) < 4.78 is 0. The van der Waals surface area contributed by atoms with E-state index in [0.717, 1.165) is 57.3 Å². The molecule has 1 rings (SSSR count). The molecule has 0 radical (unpaired) electrons. The number of hydrogen-bond donors (Lipinski definition) is 2. The number of nitrogens with zero attached hydrogens (tertiary/aromatic N) is 2. The van der Waals surface area contributed by atoms with E-state index in [2.05, 4.69) is 31.0 Å². The van der Waals surface area contributed by atoms with E-state index in [9.17, 15) is 0 Å². The predicted molar refractivity (Wildman–Crippen MR) is 86.1 cm³/mol. The van der Waals surface area contributed by atoms with Gasteiger partial charge in [-0.2, -0.15) is 0 Å². The van der Waals surface area contributed by atoms with Crippen molar-refractivity contribution >= 4 is 5.96 Å². The first kappa shape index (κ1) is 17.3. The third-order valence-electron chi connectivity index (χ3n) is 4.02. The first-order chi connectivity index (χ1) is 9.71. The molecular weight excluding hydrogens is 250 g/mol. The lowest BCUT2D eigenvalue weighted by Crippen LogP contribution is -2.46. The molecule has 0 spiro atoms. The van der Waals surface area contributed by atoms with Crippen LogP contribution in [0.25, 0.3) is 0 Å². The van der Waals surface area contributed by atoms with Crippen molar-refractivity contribution < 1.29 is 5.11 Å². The summed E-state index contributed by atoms with van der Waals surface area (Å²) >= 11 is 0. The van der Waals surface area contributed by atoms with Crippen LogP contribution in [0.1, 0.15) is 52.9 Å². The molecule has 0 aliphatic carbocycles. The second-order valence-electron chi connectivity index (χ2n) is 6.06. The molecule has 0 aromatic heterocycles. The fraction of sp³-hybridized carbons (Fsp3) is 0.938. The molecule has 2 atom stereocenters. The van der Waals surface area contributed by atoms with Crippen LogP contribution in [0.4, 0.5) is 0 Å². The van der Waals surface area contributed by atoms with E-state index >= 15 is 0 Å². The maximum absolute atomic E-state index is 9.14. The zero-order chi connectivity index (χ0) is 14.8. The standard InChI is InChI=1S/C16H33N3O/c1-4-7-15(9-11-20)12-18-16(17-5-2)19-10-6-8-14(3)13-19/h14-15,20H,4-13H2,1-3H3,(H,17,18). The molecule has 2 unspecified atom stereocenters. The van der Waals surface area contributed by atoms with Crippen LogP contribution in [0.2, 0.25) is 0 Å². The van der Waals surface area contributed by atoms with Crippen LogP contribution < -0.4 is 5.32 Å². The van der Waals surface area contributed by atoms with Crippen LogP contribution in [-0.4, -0.2) is 48.8 Å². The zero-order valence-corrected chi connectivity index (χ0v) is 13.6. The van der Waals surface area contributed by atoms with E-state index in [1.807, 2.05) is 0 Å². The van der Waals surface area contributed by atoms with Gasteiger partial charge in [-0.25, -0.2) is 0 Å². The SMILES string of the molecule is CCCC(CCO)CN=C(NCC)N1CCCC(C)C1. The minimum absolute atomic E-state index is 0.275. The summed E-state index contributed by atoms with van der Waals surface area (Å²) in [7, 11) is 0. The average Bonchev–Trinajstić information content (AvgIpc) is 2.43. The van der Waals surface area contributed by atoms with Crippen LogP contribution in [0.3, 0.4) is 0 Å². The Balaban J connectivity index is 2.60. The summed E-state index contributed by atoms with van der Waals surface area (Å²) in [5.74, 6) is 2.34. The zero-order valence-electron chi connectivity index (χ0n) is 13.6. The molecule has 4 nitrogen and oxygen atoms in total. The average molecular weight is 283 g/mol. The predicted octanol–water partition coefficient (Wildman–Crippen LogP) is 2.48. The molecule has 4 heteroatoms. The Bertz CT molecular complexity index is 275. The number of likely N-dealkylation sites (tertiary alicyclic amines) is 1. The van der Waals surface area contributed by atoms with Crippen molar-refractivity contribution in [3.8, 4) is 0 Å². The molecule has 118 valence electrons. The molecule has 1 fully saturated rings. The quantitative estimate of drug-likeness (QED) is 0.557. The van der Waals surface area contributed by atoms with E-state index in [1.165, 1.54) is 12.8 Å². The summed E-state index contributed by atoms with van der Waals surface area (Å²) in [6.07, 6.45) is 5.78. The molecule has 1 aliphatic heterocycles. The van der Waals surface area contributed by atoms with E-state index in [0.29, 0.717) is 5.92 Å². The summed E-state index contributed by atoms with van der Waals surface area (Å²) in [6, 6.07) is 0. The Morgan fingerprint density at radius 1 is 1.40 bits per heavy atom. The Kier molecular flexibility index (Phi) is 8.67. The molecule has 2 N–H and O–H groups in total. The van der Waals surface area contributed by atoms with E-state index in [1.54, 1.807) is 0 Å². The summed E-state index contributed by atoms with van der Waals surface area (Å²) in [4.78, 5) is 7.23. The van der Waals surface area contributed by atoms with Crippen LogP contribution in [0, 0.1) is 11.8 Å². The number of piperidine rings is 1. The lowest BCUT2D eigenvalue weighted by Gasteiger charge is -2.33. The van der Waals surface area contributed by atoms with Gasteiger partial charge in [0.2, 0.25) is 0 Å².